The first kappa shape index (κ1) is 19.9. The van der Waals surface area contributed by atoms with Crippen LogP contribution in [0.25, 0.3) is 10.7 Å². The predicted molar refractivity (Wildman–Crippen MR) is 114 cm³/mol. The van der Waals surface area contributed by atoms with Crippen LogP contribution < -0.4 is 0 Å². The number of nitrogens with zero attached hydrogens (tertiary/aromatic N) is 4. The fourth-order valence-corrected chi connectivity index (χ4v) is 4.44. The second-order valence-corrected chi connectivity index (χ2v) is 8.39. The second-order valence-electron chi connectivity index (χ2n) is 7.05. The number of halogens is 1. The maximum absolute atomic E-state index is 13.1. The van der Waals surface area contributed by atoms with Gasteiger partial charge in [-0.15, -0.1) is 11.3 Å². The zero-order valence-corrected chi connectivity index (χ0v) is 17.5. The normalized spacial score (nSPS) is 15.4. The number of carbonyl (C=O) groups is 1. The van der Waals surface area contributed by atoms with Gasteiger partial charge in [0.25, 0.3) is 0 Å². The van der Waals surface area contributed by atoms with Crippen molar-refractivity contribution in [3.8, 4) is 10.7 Å². The van der Waals surface area contributed by atoms with E-state index in [-0.39, 0.29) is 18.3 Å². The Kier molecular flexibility index (Phi) is 6.17. The molecule has 0 saturated carbocycles. The largest absolute Gasteiger partial charge is 0.340 e. The van der Waals surface area contributed by atoms with Crippen molar-refractivity contribution in [1.29, 1.82) is 0 Å². The van der Waals surface area contributed by atoms with Crippen LogP contribution in [-0.2, 0) is 17.9 Å². The molecule has 3 heterocycles. The average Bonchev–Trinajstić information content (AvgIpc) is 3.29. The summed E-state index contributed by atoms with van der Waals surface area (Å²) in [6.45, 7) is 4.03. The highest BCUT2D eigenvalue weighted by Gasteiger charge is 2.21. The molecule has 1 fully saturated rings. The number of nitrogens with one attached hydrogen (secondary N) is 1. The number of hydrogen-bond donors (Lipinski definition) is 1. The van der Waals surface area contributed by atoms with Gasteiger partial charge in [-0.25, -0.2) is 4.39 Å². The van der Waals surface area contributed by atoms with Gasteiger partial charge in [0.1, 0.15) is 12.4 Å². The summed E-state index contributed by atoms with van der Waals surface area (Å²) in [6.07, 6.45) is 0.904. The number of carbonyl (C=O) groups excluding carboxylic acids is 1. The van der Waals surface area contributed by atoms with Crippen LogP contribution in [0.2, 0.25) is 0 Å². The number of benzene rings is 1. The molecule has 0 bridgehead atoms. The molecule has 9 heteroatoms. The van der Waals surface area contributed by atoms with Gasteiger partial charge in [0.05, 0.1) is 4.88 Å². The molecule has 1 N–H and O–H groups in total. The van der Waals surface area contributed by atoms with Gasteiger partial charge in [-0.2, -0.15) is 5.10 Å². The van der Waals surface area contributed by atoms with Crippen molar-refractivity contribution in [2.24, 2.45) is 0 Å². The lowest BCUT2D eigenvalue weighted by Crippen LogP contribution is -2.37. The van der Waals surface area contributed by atoms with Gasteiger partial charge in [-0.05, 0) is 47.8 Å². The summed E-state index contributed by atoms with van der Waals surface area (Å²) in [5, 5.41) is 9.07. The minimum atomic E-state index is -0.221. The lowest BCUT2D eigenvalue weighted by atomic mass is 10.2. The third-order valence-corrected chi connectivity index (χ3v) is 6.23. The average molecular weight is 432 g/mol. The molecule has 6 nitrogen and oxygen atoms in total. The molecule has 0 atom stereocenters. The summed E-state index contributed by atoms with van der Waals surface area (Å²) in [5.74, 6) is 0.524. The molecule has 0 spiro atoms. The molecule has 152 valence electrons. The third kappa shape index (κ3) is 4.80. The summed E-state index contributed by atoms with van der Waals surface area (Å²) in [6, 6.07) is 10.5. The third-order valence-electron chi connectivity index (χ3n) is 5.05. The van der Waals surface area contributed by atoms with Crippen molar-refractivity contribution in [1.82, 2.24) is 24.6 Å². The van der Waals surface area contributed by atoms with Crippen molar-refractivity contribution in [2.75, 3.05) is 26.2 Å². The zero-order valence-electron chi connectivity index (χ0n) is 15.9. The summed E-state index contributed by atoms with van der Waals surface area (Å²) in [4.78, 5) is 18.1. The number of thiophene rings is 1. The minimum absolute atomic E-state index is 0.0453. The van der Waals surface area contributed by atoms with Crippen molar-refractivity contribution >= 4 is 29.5 Å². The van der Waals surface area contributed by atoms with Gasteiger partial charge < -0.3 is 4.90 Å². The molecule has 0 unspecified atom stereocenters. The Morgan fingerprint density at radius 3 is 2.76 bits per heavy atom. The van der Waals surface area contributed by atoms with Crippen molar-refractivity contribution in [3.63, 3.8) is 0 Å². The summed E-state index contributed by atoms with van der Waals surface area (Å²) >= 11 is 6.90. The lowest BCUT2D eigenvalue weighted by Gasteiger charge is -2.22. The van der Waals surface area contributed by atoms with Crippen molar-refractivity contribution < 1.29 is 9.18 Å². The van der Waals surface area contributed by atoms with Gasteiger partial charge in [0.2, 0.25) is 5.91 Å². The Balaban J connectivity index is 1.39. The second kappa shape index (κ2) is 8.98. The summed E-state index contributed by atoms with van der Waals surface area (Å²) < 4.78 is 15.3. The molecule has 1 aliphatic heterocycles. The Hall–Kier alpha value is -2.36. The Morgan fingerprint density at radius 2 is 2.00 bits per heavy atom. The van der Waals surface area contributed by atoms with E-state index in [1.807, 2.05) is 34.5 Å². The van der Waals surface area contributed by atoms with E-state index in [2.05, 4.69) is 15.1 Å². The number of hydrogen-bond acceptors (Lipinski definition) is 5. The number of rotatable bonds is 5. The van der Waals surface area contributed by atoms with Gasteiger partial charge in [-0.3, -0.25) is 19.4 Å². The fraction of sp³-hybridized carbons (Fsp3) is 0.350. The van der Waals surface area contributed by atoms with Crippen LogP contribution in [0.1, 0.15) is 12.0 Å². The molecule has 2 aromatic heterocycles. The molecular weight excluding hydrogens is 409 g/mol. The van der Waals surface area contributed by atoms with E-state index in [4.69, 9.17) is 12.2 Å². The van der Waals surface area contributed by atoms with Crippen LogP contribution in [-0.4, -0.2) is 56.7 Å². The van der Waals surface area contributed by atoms with E-state index >= 15 is 0 Å². The van der Waals surface area contributed by atoms with Crippen LogP contribution in [0.4, 0.5) is 4.39 Å². The number of aromatic nitrogens is 3. The van der Waals surface area contributed by atoms with Crippen molar-refractivity contribution in [2.45, 2.75) is 19.5 Å². The monoisotopic (exact) mass is 431 g/mol. The van der Waals surface area contributed by atoms with Gasteiger partial charge in [0.15, 0.2) is 10.6 Å². The SMILES string of the molecule is O=C(Cn1c(-c2cccs2)n[nH]c1=S)N1CCCN(Cc2ccc(F)cc2)CC1. The quantitative estimate of drug-likeness (QED) is 0.628. The molecule has 0 aliphatic carbocycles. The summed E-state index contributed by atoms with van der Waals surface area (Å²) in [7, 11) is 0. The number of H-pyrrole nitrogens is 1. The van der Waals surface area contributed by atoms with Crippen molar-refractivity contribution in [3.05, 3.63) is 57.9 Å². The molecule has 29 heavy (non-hydrogen) atoms. The fourth-order valence-electron chi connectivity index (χ4n) is 3.52. The van der Waals surface area contributed by atoms with Crippen LogP contribution in [0.15, 0.2) is 41.8 Å². The molecule has 1 aromatic carbocycles. The summed E-state index contributed by atoms with van der Waals surface area (Å²) in [5.41, 5.74) is 1.08. The topological polar surface area (TPSA) is 57.2 Å². The maximum Gasteiger partial charge on any atom is 0.242 e. The molecule has 3 aromatic rings. The molecule has 4 rings (SSSR count). The van der Waals surface area contributed by atoms with Crippen LogP contribution in [0.5, 0.6) is 0 Å². The molecule has 1 aliphatic rings. The Morgan fingerprint density at radius 1 is 1.17 bits per heavy atom. The standard InChI is InChI=1S/C20H22FN5OS2/c21-16-6-4-15(5-7-16)13-24-8-2-9-25(11-10-24)18(27)14-26-19(22-23-20(26)28)17-3-1-12-29-17/h1,3-7,12H,2,8-11,13-14H2,(H,23,28). The Labute approximate surface area is 177 Å². The van der Waals surface area contributed by atoms with Crippen LogP contribution >= 0.6 is 23.6 Å². The zero-order chi connectivity index (χ0) is 20.2. The highest BCUT2D eigenvalue weighted by atomic mass is 32.1. The van der Waals surface area contributed by atoms with Gasteiger partial charge >= 0.3 is 0 Å². The first-order valence-electron chi connectivity index (χ1n) is 9.54. The highest BCUT2D eigenvalue weighted by Crippen LogP contribution is 2.23. The van der Waals surface area contributed by atoms with Gasteiger partial charge in [0, 0.05) is 32.7 Å². The first-order chi connectivity index (χ1) is 14.1. The highest BCUT2D eigenvalue weighted by molar-refractivity contribution is 7.71. The maximum atomic E-state index is 13.1. The molecule has 1 amide bonds. The van der Waals surface area contributed by atoms with E-state index in [1.165, 1.54) is 12.1 Å². The predicted octanol–water partition coefficient (Wildman–Crippen LogP) is 3.54. The van der Waals surface area contributed by atoms with E-state index in [0.717, 1.165) is 43.0 Å². The van der Waals surface area contributed by atoms with E-state index in [1.54, 1.807) is 15.9 Å². The molecule has 1 saturated heterocycles. The van der Waals surface area contributed by atoms with Crippen LogP contribution in [0.3, 0.4) is 0 Å². The molecule has 0 radical (unpaired) electrons. The van der Waals surface area contributed by atoms with E-state index in [9.17, 15) is 9.18 Å². The Bertz CT molecular complexity index is 1010. The lowest BCUT2D eigenvalue weighted by molar-refractivity contribution is -0.131. The molecular formula is C20H22FN5OS2. The first-order valence-corrected chi connectivity index (χ1v) is 10.8. The van der Waals surface area contributed by atoms with Crippen LogP contribution in [0, 0.1) is 10.6 Å². The number of amides is 1. The minimum Gasteiger partial charge on any atom is -0.340 e. The smallest absolute Gasteiger partial charge is 0.242 e. The van der Waals surface area contributed by atoms with Gasteiger partial charge in [-0.1, -0.05) is 18.2 Å². The van der Waals surface area contributed by atoms with E-state index < -0.39 is 0 Å². The van der Waals surface area contributed by atoms with E-state index in [0.29, 0.717) is 17.1 Å². The number of aromatic amines is 1.